The Morgan fingerprint density at radius 3 is 2.45 bits per heavy atom. The number of fused-ring (bicyclic) bond motifs is 1. The number of carbonyl (C=O) groups is 1. The number of esters is 1. The monoisotopic (exact) mass is 314 g/mol. The van der Waals surface area contributed by atoms with Crippen molar-refractivity contribution < 1.29 is 22.7 Å². The van der Waals surface area contributed by atoms with Crippen molar-refractivity contribution in [3.63, 3.8) is 0 Å². The molecule has 2 aromatic rings. The SMILES string of the molecule is COC(=O)c1c(C(F)(F)F)c2cccnc2n1CC(C)(C)C. The van der Waals surface area contributed by atoms with Crippen molar-refractivity contribution in [3.8, 4) is 0 Å². The van der Waals surface area contributed by atoms with Crippen LogP contribution in [-0.2, 0) is 17.5 Å². The smallest absolute Gasteiger partial charge is 0.419 e. The standard InChI is InChI=1S/C15H17F3N2O2/c1-14(2,3)8-20-11(13(21)22-4)10(15(16,17)18)9-6-5-7-19-12(9)20/h5-7H,8H2,1-4H3. The van der Waals surface area contributed by atoms with Gasteiger partial charge in [-0.15, -0.1) is 0 Å². The lowest BCUT2D eigenvalue weighted by Crippen LogP contribution is -2.22. The molecule has 0 spiro atoms. The minimum Gasteiger partial charge on any atom is -0.464 e. The summed E-state index contributed by atoms with van der Waals surface area (Å²) in [5, 5.41) is -0.0975. The van der Waals surface area contributed by atoms with Crippen molar-refractivity contribution >= 4 is 17.0 Å². The van der Waals surface area contributed by atoms with E-state index in [0.29, 0.717) is 0 Å². The van der Waals surface area contributed by atoms with Crippen LogP contribution in [0.5, 0.6) is 0 Å². The van der Waals surface area contributed by atoms with E-state index in [0.717, 1.165) is 7.11 Å². The van der Waals surface area contributed by atoms with Crippen LogP contribution in [0.1, 0.15) is 36.8 Å². The highest BCUT2D eigenvalue weighted by Gasteiger charge is 2.42. The van der Waals surface area contributed by atoms with Gasteiger partial charge in [0, 0.05) is 18.1 Å². The fraction of sp³-hybridized carbons (Fsp3) is 0.467. The molecule has 0 aromatic carbocycles. The lowest BCUT2D eigenvalue weighted by molar-refractivity contribution is -0.137. The van der Waals surface area contributed by atoms with E-state index in [-0.39, 0.29) is 23.0 Å². The molecule has 0 bridgehead atoms. The zero-order chi connectivity index (χ0) is 16.7. The van der Waals surface area contributed by atoms with Crippen molar-refractivity contribution in [2.75, 3.05) is 7.11 Å². The van der Waals surface area contributed by atoms with Gasteiger partial charge in [-0.2, -0.15) is 13.2 Å². The lowest BCUT2D eigenvalue weighted by atomic mass is 9.97. The Kier molecular flexibility index (Phi) is 3.93. The van der Waals surface area contributed by atoms with E-state index in [9.17, 15) is 18.0 Å². The normalized spacial score (nSPS) is 12.7. The van der Waals surface area contributed by atoms with Crippen LogP contribution in [0.4, 0.5) is 13.2 Å². The molecule has 0 unspecified atom stereocenters. The van der Waals surface area contributed by atoms with Crippen molar-refractivity contribution in [2.24, 2.45) is 5.41 Å². The number of halogens is 3. The van der Waals surface area contributed by atoms with Gasteiger partial charge in [-0.25, -0.2) is 9.78 Å². The van der Waals surface area contributed by atoms with E-state index in [1.807, 2.05) is 20.8 Å². The maximum atomic E-state index is 13.5. The Bertz CT molecular complexity index is 712. The van der Waals surface area contributed by atoms with Crippen LogP contribution in [0.25, 0.3) is 11.0 Å². The summed E-state index contributed by atoms with van der Waals surface area (Å²) in [4.78, 5) is 16.0. The summed E-state index contributed by atoms with van der Waals surface area (Å²) in [5.41, 5.74) is -1.70. The number of carbonyl (C=O) groups excluding carboxylic acids is 1. The number of alkyl halides is 3. The summed E-state index contributed by atoms with van der Waals surface area (Å²) in [6.45, 7) is 5.82. The van der Waals surface area contributed by atoms with Crippen molar-refractivity contribution in [3.05, 3.63) is 29.6 Å². The van der Waals surface area contributed by atoms with E-state index in [1.165, 1.54) is 22.9 Å². The fourth-order valence-electron chi connectivity index (χ4n) is 2.40. The molecular formula is C15H17F3N2O2. The molecule has 22 heavy (non-hydrogen) atoms. The van der Waals surface area contributed by atoms with Crippen LogP contribution >= 0.6 is 0 Å². The Balaban J connectivity index is 2.89. The molecule has 0 N–H and O–H groups in total. The highest BCUT2D eigenvalue weighted by molar-refractivity contribution is 5.98. The Labute approximate surface area is 125 Å². The third-order valence-corrected chi connectivity index (χ3v) is 3.11. The zero-order valence-electron chi connectivity index (χ0n) is 12.8. The average Bonchev–Trinajstić information content (AvgIpc) is 2.71. The highest BCUT2D eigenvalue weighted by atomic mass is 19.4. The summed E-state index contributed by atoms with van der Waals surface area (Å²) in [6.07, 6.45) is -3.27. The van der Waals surface area contributed by atoms with Crippen LogP contribution in [0.3, 0.4) is 0 Å². The zero-order valence-corrected chi connectivity index (χ0v) is 12.8. The summed E-state index contributed by atoms with van der Waals surface area (Å²) in [5.74, 6) is -1.02. The summed E-state index contributed by atoms with van der Waals surface area (Å²) in [6, 6.07) is 2.73. The predicted octanol–water partition coefficient (Wildman–Crippen LogP) is 3.89. The quantitative estimate of drug-likeness (QED) is 0.790. The molecule has 0 saturated carbocycles. The van der Waals surface area contributed by atoms with E-state index in [1.54, 1.807) is 0 Å². The number of ether oxygens (including phenoxy) is 1. The van der Waals surface area contributed by atoms with Gasteiger partial charge in [0.1, 0.15) is 11.3 Å². The van der Waals surface area contributed by atoms with Crippen LogP contribution in [0, 0.1) is 5.41 Å². The van der Waals surface area contributed by atoms with Gasteiger partial charge in [0.25, 0.3) is 0 Å². The van der Waals surface area contributed by atoms with Gasteiger partial charge in [-0.1, -0.05) is 20.8 Å². The van der Waals surface area contributed by atoms with Crippen LogP contribution in [0.15, 0.2) is 18.3 Å². The predicted molar refractivity (Wildman–Crippen MR) is 75.5 cm³/mol. The molecule has 7 heteroatoms. The van der Waals surface area contributed by atoms with Gasteiger partial charge in [0.2, 0.25) is 0 Å². The van der Waals surface area contributed by atoms with Gasteiger partial charge in [0.05, 0.1) is 12.7 Å². The third-order valence-electron chi connectivity index (χ3n) is 3.11. The first-order chi connectivity index (χ1) is 10.1. The number of methoxy groups -OCH3 is 1. The van der Waals surface area contributed by atoms with E-state index < -0.39 is 23.4 Å². The van der Waals surface area contributed by atoms with Gasteiger partial charge in [0.15, 0.2) is 0 Å². The molecule has 120 valence electrons. The second-order valence-electron chi connectivity index (χ2n) is 6.23. The maximum absolute atomic E-state index is 13.5. The number of nitrogens with zero attached hydrogens (tertiary/aromatic N) is 2. The van der Waals surface area contributed by atoms with Gasteiger partial charge >= 0.3 is 12.1 Å². The van der Waals surface area contributed by atoms with Crippen molar-refractivity contribution in [1.82, 2.24) is 9.55 Å². The number of pyridine rings is 1. The molecule has 2 aromatic heterocycles. The maximum Gasteiger partial charge on any atom is 0.419 e. The van der Waals surface area contributed by atoms with Gasteiger partial charge in [-0.05, 0) is 17.5 Å². The summed E-state index contributed by atoms with van der Waals surface area (Å²) < 4.78 is 46.3. The van der Waals surface area contributed by atoms with E-state index in [4.69, 9.17) is 0 Å². The van der Waals surface area contributed by atoms with Gasteiger partial charge in [-0.3, -0.25) is 0 Å². The number of aromatic nitrogens is 2. The molecule has 0 aliphatic carbocycles. The Hall–Kier alpha value is -2.05. The first-order valence-electron chi connectivity index (χ1n) is 6.69. The van der Waals surface area contributed by atoms with Crippen molar-refractivity contribution in [1.29, 1.82) is 0 Å². The van der Waals surface area contributed by atoms with Crippen LogP contribution < -0.4 is 0 Å². The molecule has 4 nitrogen and oxygen atoms in total. The lowest BCUT2D eigenvalue weighted by Gasteiger charge is -2.21. The molecule has 0 radical (unpaired) electrons. The first kappa shape index (κ1) is 16.3. The molecule has 0 amide bonds. The van der Waals surface area contributed by atoms with Crippen LogP contribution in [0.2, 0.25) is 0 Å². The summed E-state index contributed by atoms with van der Waals surface area (Å²) in [7, 11) is 1.06. The van der Waals surface area contributed by atoms with E-state index in [2.05, 4.69) is 9.72 Å². The first-order valence-corrected chi connectivity index (χ1v) is 6.69. The number of hydrogen-bond donors (Lipinski definition) is 0. The summed E-state index contributed by atoms with van der Waals surface area (Å²) >= 11 is 0. The number of rotatable bonds is 2. The third kappa shape index (κ3) is 2.93. The molecule has 0 fully saturated rings. The van der Waals surface area contributed by atoms with Crippen molar-refractivity contribution in [2.45, 2.75) is 33.5 Å². The minimum absolute atomic E-state index is 0.0975. The second-order valence-corrected chi connectivity index (χ2v) is 6.23. The molecule has 0 saturated heterocycles. The topological polar surface area (TPSA) is 44.1 Å². The highest BCUT2D eigenvalue weighted by Crippen LogP contribution is 2.40. The molecule has 0 aliphatic rings. The van der Waals surface area contributed by atoms with Gasteiger partial charge < -0.3 is 9.30 Å². The Morgan fingerprint density at radius 1 is 1.32 bits per heavy atom. The van der Waals surface area contributed by atoms with E-state index >= 15 is 0 Å². The molecule has 0 aliphatic heterocycles. The van der Waals surface area contributed by atoms with Crippen LogP contribution in [-0.4, -0.2) is 22.6 Å². The molecule has 0 atom stereocenters. The molecule has 2 rings (SSSR count). The second kappa shape index (κ2) is 5.30. The Morgan fingerprint density at radius 2 is 1.95 bits per heavy atom. The number of hydrogen-bond acceptors (Lipinski definition) is 3. The largest absolute Gasteiger partial charge is 0.464 e. The molecule has 2 heterocycles. The fourth-order valence-corrected chi connectivity index (χ4v) is 2.40. The minimum atomic E-state index is -4.67. The molecular weight excluding hydrogens is 297 g/mol. The average molecular weight is 314 g/mol.